The van der Waals surface area contributed by atoms with Crippen molar-refractivity contribution in [1.29, 1.82) is 0 Å². The SMILES string of the molecule is COc1cc(OC)c([Si](C)(C)C)c(OC)c1. The third-order valence-corrected chi connectivity index (χ3v) is 4.46. The molecule has 0 saturated heterocycles. The molecule has 4 heteroatoms. The second kappa shape index (κ2) is 4.78. The van der Waals surface area contributed by atoms with Crippen LogP contribution in [0.4, 0.5) is 0 Å². The Morgan fingerprint density at radius 1 is 0.812 bits per heavy atom. The molecule has 0 aliphatic heterocycles. The van der Waals surface area contributed by atoms with Crippen LogP contribution in [0.3, 0.4) is 0 Å². The molecule has 1 aromatic rings. The third kappa shape index (κ3) is 2.50. The summed E-state index contributed by atoms with van der Waals surface area (Å²) in [5.74, 6) is 2.47. The largest absolute Gasteiger partial charge is 0.497 e. The summed E-state index contributed by atoms with van der Waals surface area (Å²) in [5.41, 5.74) is 0. The molecule has 0 aromatic heterocycles. The molecular weight excluding hydrogens is 220 g/mol. The van der Waals surface area contributed by atoms with Gasteiger partial charge < -0.3 is 14.2 Å². The minimum absolute atomic E-state index is 0.760. The van der Waals surface area contributed by atoms with Gasteiger partial charge in [-0.2, -0.15) is 0 Å². The lowest BCUT2D eigenvalue weighted by atomic mass is 10.3. The van der Waals surface area contributed by atoms with Crippen LogP contribution < -0.4 is 19.4 Å². The Kier molecular flexibility index (Phi) is 3.86. The van der Waals surface area contributed by atoms with Crippen LogP contribution in [0.2, 0.25) is 19.6 Å². The van der Waals surface area contributed by atoms with Crippen LogP contribution >= 0.6 is 0 Å². The first-order chi connectivity index (χ1) is 7.43. The van der Waals surface area contributed by atoms with Crippen molar-refractivity contribution < 1.29 is 14.2 Å². The van der Waals surface area contributed by atoms with Gasteiger partial charge in [-0.05, 0) is 0 Å². The zero-order valence-corrected chi connectivity index (χ0v) is 11.9. The van der Waals surface area contributed by atoms with Gasteiger partial charge >= 0.3 is 0 Å². The molecule has 16 heavy (non-hydrogen) atoms. The predicted molar refractivity (Wildman–Crippen MR) is 69.1 cm³/mol. The first-order valence-electron chi connectivity index (χ1n) is 5.24. The molecular formula is C12H20O3Si. The van der Waals surface area contributed by atoms with Gasteiger partial charge in [0.1, 0.15) is 17.2 Å². The molecule has 0 atom stereocenters. The molecule has 0 aliphatic rings. The van der Waals surface area contributed by atoms with Gasteiger partial charge in [0, 0.05) is 17.3 Å². The summed E-state index contributed by atoms with van der Waals surface area (Å²) < 4.78 is 16.1. The van der Waals surface area contributed by atoms with Crippen LogP contribution in [0, 0.1) is 0 Å². The molecule has 3 nitrogen and oxygen atoms in total. The van der Waals surface area contributed by atoms with Crippen molar-refractivity contribution in [3.05, 3.63) is 12.1 Å². The summed E-state index contributed by atoms with van der Waals surface area (Å²) in [6.07, 6.45) is 0. The van der Waals surface area contributed by atoms with Gasteiger partial charge in [0.25, 0.3) is 0 Å². The van der Waals surface area contributed by atoms with E-state index in [0.29, 0.717) is 0 Å². The van der Waals surface area contributed by atoms with E-state index < -0.39 is 8.07 Å². The minimum Gasteiger partial charge on any atom is -0.497 e. The van der Waals surface area contributed by atoms with Crippen LogP contribution in [0.15, 0.2) is 12.1 Å². The molecule has 0 N–H and O–H groups in total. The van der Waals surface area contributed by atoms with E-state index in [1.54, 1.807) is 21.3 Å². The van der Waals surface area contributed by atoms with Gasteiger partial charge in [-0.1, -0.05) is 19.6 Å². The second-order valence-corrected chi connectivity index (χ2v) is 9.66. The first kappa shape index (κ1) is 12.9. The number of rotatable bonds is 4. The number of benzene rings is 1. The maximum Gasteiger partial charge on any atom is 0.126 e. The minimum atomic E-state index is -1.51. The molecule has 0 radical (unpaired) electrons. The molecule has 0 fully saturated rings. The molecule has 1 rings (SSSR count). The van der Waals surface area contributed by atoms with Gasteiger partial charge in [0.15, 0.2) is 0 Å². The van der Waals surface area contributed by atoms with Crippen LogP contribution in [-0.4, -0.2) is 29.4 Å². The fourth-order valence-electron chi connectivity index (χ4n) is 1.74. The number of hydrogen-bond donors (Lipinski definition) is 0. The molecule has 0 unspecified atom stereocenters. The summed E-state index contributed by atoms with van der Waals surface area (Å²) in [4.78, 5) is 0. The monoisotopic (exact) mass is 240 g/mol. The Balaban J connectivity index is 3.44. The standard InChI is InChI=1S/C12H20O3Si/c1-13-9-7-10(14-2)12(16(4,5)6)11(8-9)15-3/h7-8H,1-6H3. The number of hydrogen-bond acceptors (Lipinski definition) is 3. The Morgan fingerprint density at radius 2 is 1.25 bits per heavy atom. The maximum atomic E-state index is 5.43. The fraction of sp³-hybridized carbons (Fsp3) is 0.500. The Morgan fingerprint density at radius 3 is 1.50 bits per heavy atom. The molecule has 0 amide bonds. The van der Waals surface area contributed by atoms with Crippen LogP contribution in [0.1, 0.15) is 0 Å². The van der Waals surface area contributed by atoms with Crippen LogP contribution in [-0.2, 0) is 0 Å². The molecule has 0 bridgehead atoms. The van der Waals surface area contributed by atoms with Crippen molar-refractivity contribution in [3.8, 4) is 17.2 Å². The van der Waals surface area contributed by atoms with Crippen molar-refractivity contribution in [2.24, 2.45) is 0 Å². The van der Waals surface area contributed by atoms with E-state index in [1.165, 1.54) is 5.19 Å². The van der Waals surface area contributed by atoms with Crippen molar-refractivity contribution in [2.45, 2.75) is 19.6 Å². The van der Waals surface area contributed by atoms with Gasteiger partial charge in [0.05, 0.1) is 29.4 Å². The van der Waals surface area contributed by atoms with E-state index in [1.807, 2.05) is 12.1 Å². The van der Waals surface area contributed by atoms with Gasteiger partial charge in [0.2, 0.25) is 0 Å². The quantitative estimate of drug-likeness (QED) is 0.756. The highest BCUT2D eigenvalue weighted by Gasteiger charge is 2.26. The highest BCUT2D eigenvalue weighted by atomic mass is 28.3. The summed E-state index contributed by atoms with van der Waals surface area (Å²) in [6, 6.07) is 3.83. The van der Waals surface area contributed by atoms with Crippen molar-refractivity contribution >= 4 is 13.3 Å². The number of methoxy groups -OCH3 is 3. The van der Waals surface area contributed by atoms with Crippen molar-refractivity contribution in [3.63, 3.8) is 0 Å². The smallest absolute Gasteiger partial charge is 0.126 e. The molecule has 0 aliphatic carbocycles. The molecule has 1 aromatic carbocycles. The fourth-order valence-corrected chi connectivity index (χ4v) is 3.57. The van der Waals surface area contributed by atoms with E-state index in [-0.39, 0.29) is 0 Å². The lowest BCUT2D eigenvalue weighted by molar-refractivity contribution is 0.379. The van der Waals surface area contributed by atoms with E-state index in [0.717, 1.165) is 17.2 Å². The van der Waals surface area contributed by atoms with E-state index in [9.17, 15) is 0 Å². The van der Waals surface area contributed by atoms with Crippen molar-refractivity contribution in [2.75, 3.05) is 21.3 Å². The lowest BCUT2D eigenvalue weighted by Crippen LogP contribution is -2.39. The van der Waals surface area contributed by atoms with Crippen LogP contribution in [0.5, 0.6) is 17.2 Å². The summed E-state index contributed by atoms with van der Waals surface area (Å²) in [7, 11) is 3.49. The topological polar surface area (TPSA) is 27.7 Å². The number of ether oxygens (including phenoxy) is 3. The third-order valence-electron chi connectivity index (χ3n) is 2.47. The normalized spacial score (nSPS) is 11.1. The average molecular weight is 240 g/mol. The van der Waals surface area contributed by atoms with E-state index in [2.05, 4.69) is 19.6 Å². The molecule has 0 spiro atoms. The Bertz CT molecular complexity index is 344. The zero-order valence-electron chi connectivity index (χ0n) is 10.9. The molecule has 90 valence electrons. The highest BCUT2D eigenvalue weighted by molar-refractivity contribution is 6.90. The van der Waals surface area contributed by atoms with Gasteiger partial charge in [-0.25, -0.2) is 0 Å². The zero-order chi connectivity index (χ0) is 12.3. The Labute approximate surface area is 98.3 Å². The van der Waals surface area contributed by atoms with E-state index in [4.69, 9.17) is 14.2 Å². The van der Waals surface area contributed by atoms with Crippen molar-refractivity contribution in [1.82, 2.24) is 0 Å². The molecule has 0 saturated carbocycles. The summed E-state index contributed by atoms with van der Waals surface area (Å²) >= 11 is 0. The van der Waals surface area contributed by atoms with E-state index >= 15 is 0 Å². The lowest BCUT2D eigenvalue weighted by Gasteiger charge is -2.23. The van der Waals surface area contributed by atoms with Gasteiger partial charge in [-0.15, -0.1) is 0 Å². The highest BCUT2D eigenvalue weighted by Crippen LogP contribution is 2.28. The van der Waals surface area contributed by atoms with Crippen LogP contribution in [0.25, 0.3) is 0 Å². The average Bonchev–Trinajstić information content (AvgIpc) is 2.25. The maximum absolute atomic E-state index is 5.43. The Hall–Kier alpha value is -1.16. The predicted octanol–water partition coefficient (Wildman–Crippen LogP) is 2.26. The summed E-state index contributed by atoms with van der Waals surface area (Å²) in [6.45, 7) is 6.79. The summed E-state index contributed by atoms with van der Waals surface area (Å²) in [5, 5.41) is 1.19. The van der Waals surface area contributed by atoms with Gasteiger partial charge in [-0.3, -0.25) is 0 Å². The molecule has 0 heterocycles. The second-order valence-electron chi connectivity index (χ2n) is 4.66. The first-order valence-corrected chi connectivity index (χ1v) is 8.74.